The second-order valence-corrected chi connectivity index (χ2v) is 4.46. The topological polar surface area (TPSA) is 37.3 Å². The van der Waals surface area contributed by atoms with E-state index in [0.29, 0.717) is 0 Å². The molecule has 0 bridgehead atoms. The first-order valence-electron chi connectivity index (χ1n) is 5.63. The highest BCUT2D eigenvalue weighted by atomic mass is 16.4. The molecule has 15 heavy (non-hydrogen) atoms. The summed E-state index contributed by atoms with van der Waals surface area (Å²) < 4.78 is 0. The van der Waals surface area contributed by atoms with Crippen molar-refractivity contribution in [1.82, 2.24) is 0 Å². The molecular weight excluding hydrogens is 188 g/mol. The minimum atomic E-state index is -0.700. The SMILES string of the molecule is CCC1=CC=CC(C)(CC)C1CC(=O)O. The second kappa shape index (κ2) is 4.65. The number of allylic oxidation sites excluding steroid dienone is 4. The maximum atomic E-state index is 10.9. The van der Waals surface area contributed by atoms with Crippen LogP contribution >= 0.6 is 0 Å². The molecule has 2 unspecified atom stereocenters. The van der Waals surface area contributed by atoms with Crippen LogP contribution in [0.5, 0.6) is 0 Å². The number of hydrogen-bond acceptors (Lipinski definition) is 1. The molecule has 2 heteroatoms. The van der Waals surface area contributed by atoms with Crippen LogP contribution in [0.2, 0.25) is 0 Å². The van der Waals surface area contributed by atoms with Gasteiger partial charge in [-0.15, -0.1) is 0 Å². The average molecular weight is 208 g/mol. The first-order chi connectivity index (χ1) is 7.03. The number of carbonyl (C=O) groups is 1. The number of hydrogen-bond donors (Lipinski definition) is 1. The minimum absolute atomic E-state index is 0.0124. The molecule has 0 aliphatic heterocycles. The second-order valence-electron chi connectivity index (χ2n) is 4.46. The Morgan fingerprint density at radius 1 is 1.53 bits per heavy atom. The van der Waals surface area contributed by atoms with Crippen LogP contribution in [0.25, 0.3) is 0 Å². The summed E-state index contributed by atoms with van der Waals surface area (Å²) >= 11 is 0. The molecule has 2 nitrogen and oxygen atoms in total. The van der Waals surface area contributed by atoms with E-state index in [2.05, 4.69) is 39.0 Å². The van der Waals surface area contributed by atoms with Crippen LogP contribution in [0.3, 0.4) is 0 Å². The summed E-state index contributed by atoms with van der Waals surface area (Å²) in [6, 6.07) is 0. The molecule has 0 aromatic rings. The van der Waals surface area contributed by atoms with E-state index in [1.165, 1.54) is 5.57 Å². The average Bonchev–Trinajstić information content (AvgIpc) is 2.20. The smallest absolute Gasteiger partial charge is 0.303 e. The molecular formula is C13H20O2. The molecule has 0 fully saturated rings. The zero-order chi connectivity index (χ0) is 11.5. The molecule has 0 heterocycles. The Balaban J connectivity index is 2.96. The molecule has 1 aliphatic carbocycles. The van der Waals surface area contributed by atoms with Crippen LogP contribution in [0.1, 0.15) is 40.0 Å². The molecule has 1 N–H and O–H groups in total. The molecule has 0 amide bonds. The fourth-order valence-electron chi connectivity index (χ4n) is 2.31. The number of aliphatic carboxylic acids is 1. The monoisotopic (exact) mass is 208 g/mol. The molecule has 1 aliphatic rings. The van der Waals surface area contributed by atoms with E-state index in [0.717, 1.165) is 12.8 Å². The molecule has 0 radical (unpaired) electrons. The van der Waals surface area contributed by atoms with Gasteiger partial charge in [0.05, 0.1) is 6.42 Å². The number of carboxylic acids is 1. The third-order valence-corrected chi connectivity index (χ3v) is 3.58. The van der Waals surface area contributed by atoms with Crippen molar-refractivity contribution in [3.8, 4) is 0 Å². The Hall–Kier alpha value is -1.05. The van der Waals surface area contributed by atoms with Crippen molar-refractivity contribution in [1.29, 1.82) is 0 Å². The van der Waals surface area contributed by atoms with Gasteiger partial charge in [0.1, 0.15) is 0 Å². The summed E-state index contributed by atoms with van der Waals surface area (Å²) in [5.74, 6) is -0.538. The number of carboxylic acid groups (broad SMARTS) is 1. The lowest BCUT2D eigenvalue weighted by molar-refractivity contribution is -0.138. The van der Waals surface area contributed by atoms with Gasteiger partial charge in [-0.3, -0.25) is 4.79 Å². The van der Waals surface area contributed by atoms with E-state index in [4.69, 9.17) is 5.11 Å². The van der Waals surface area contributed by atoms with E-state index < -0.39 is 5.97 Å². The van der Waals surface area contributed by atoms with Gasteiger partial charge in [0.15, 0.2) is 0 Å². The summed E-state index contributed by atoms with van der Waals surface area (Å²) in [6.45, 7) is 6.37. The minimum Gasteiger partial charge on any atom is -0.481 e. The summed E-state index contributed by atoms with van der Waals surface area (Å²) in [4.78, 5) is 10.9. The van der Waals surface area contributed by atoms with Crippen molar-refractivity contribution >= 4 is 5.97 Å². The maximum absolute atomic E-state index is 10.9. The lowest BCUT2D eigenvalue weighted by Gasteiger charge is -2.37. The standard InChI is InChI=1S/C13H20O2/c1-4-10-7-6-8-13(3,5-2)11(10)9-12(14)15/h6-8,11H,4-5,9H2,1-3H3,(H,14,15). The summed E-state index contributed by atoms with van der Waals surface area (Å²) in [6.07, 6.45) is 8.47. The van der Waals surface area contributed by atoms with Crippen LogP contribution in [-0.2, 0) is 4.79 Å². The molecule has 0 saturated heterocycles. The van der Waals surface area contributed by atoms with E-state index in [1.54, 1.807) is 0 Å². The predicted molar refractivity (Wildman–Crippen MR) is 61.7 cm³/mol. The fourth-order valence-corrected chi connectivity index (χ4v) is 2.31. The first kappa shape index (κ1) is 12.0. The van der Waals surface area contributed by atoms with Gasteiger partial charge in [0.2, 0.25) is 0 Å². The Bertz CT molecular complexity index is 302. The van der Waals surface area contributed by atoms with Crippen LogP contribution in [0, 0.1) is 11.3 Å². The Kier molecular flexibility index (Phi) is 3.72. The fraction of sp³-hybridized carbons (Fsp3) is 0.615. The molecule has 84 valence electrons. The van der Waals surface area contributed by atoms with Crippen molar-refractivity contribution in [2.75, 3.05) is 0 Å². The summed E-state index contributed by atoms with van der Waals surface area (Å²) in [7, 11) is 0. The van der Waals surface area contributed by atoms with Crippen molar-refractivity contribution in [2.24, 2.45) is 11.3 Å². The highest BCUT2D eigenvalue weighted by molar-refractivity contribution is 5.68. The van der Waals surface area contributed by atoms with Crippen molar-refractivity contribution in [3.63, 3.8) is 0 Å². The summed E-state index contributed by atoms with van der Waals surface area (Å²) in [5, 5.41) is 8.96. The molecule has 0 spiro atoms. The maximum Gasteiger partial charge on any atom is 0.303 e. The first-order valence-corrected chi connectivity index (χ1v) is 5.63. The quantitative estimate of drug-likeness (QED) is 0.768. The van der Waals surface area contributed by atoms with Gasteiger partial charge in [-0.2, -0.15) is 0 Å². The van der Waals surface area contributed by atoms with Gasteiger partial charge in [0.25, 0.3) is 0 Å². The predicted octanol–water partition coefficient (Wildman–Crippen LogP) is 3.40. The highest BCUT2D eigenvalue weighted by Gasteiger charge is 2.35. The summed E-state index contributed by atoms with van der Waals surface area (Å²) in [5.41, 5.74) is 1.28. The van der Waals surface area contributed by atoms with E-state index in [1.807, 2.05) is 0 Å². The zero-order valence-electron chi connectivity index (χ0n) is 9.79. The van der Waals surface area contributed by atoms with E-state index in [-0.39, 0.29) is 17.8 Å². The molecule has 0 aromatic carbocycles. The highest BCUT2D eigenvalue weighted by Crippen LogP contribution is 2.43. The Morgan fingerprint density at radius 3 is 2.67 bits per heavy atom. The molecule has 1 rings (SSSR count). The van der Waals surface area contributed by atoms with Crippen LogP contribution in [0.15, 0.2) is 23.8 Å². The molecule has 0 aromatic heterocycles. The normalized spacial score (nSPS) is 30.1. The zero-order valence-corrected chi connectivity index (χ0v) is 9.79. The van der Waals surface area contributed by atoms with E-state index >= 15 is 0 Å². The largest absolute Gasteiger partial charge is 0.481 e. The number of rotatable bonds is 4. The van der Waals surface area contributed by atoms with Crippen molar-refractivity contribution in [3.05, 3.63) is 23.8 Å². The van der Waals surface area contributed by atoms with Crippen molar-refractivity contribution in [2.45, 2.75) is 40.0 Å². The third-order valence-electron chi connectivity index (χ3n) is 3.58. The van der Waals surface area contributed by atoms with Crippen LogP contribution in [0.4, 0.5) is 0 Å². The van der Waals surface area contributed by atoms with Gasteiger partial charge in [-0.25, -0.2) is 0 Å². The van der Waals surface area contributed by atoms with Crippen LogP contribution < -0.4 is 0 Å². The van der Waals surface area contributed by atoms with Gasteiger partial charge in [-0.05, 0) is 24.2 Å². The van der Waals surface area contributed by atoms with Gasteiger partial charge in [0, 0.05) is 0 Å². The lowest BCUT2D eigenvalue weighted by Crippen LogP contribution is -2.30. The van der Waals surface area contributed by atoms with Crippen molar-refractivity contribution < 1.29 is 9.90 Å². The van der Waals surface area contributed by atoms with Gasteiger partial charge in [-0.1, -0.05) is 44.6 Å². The lowest BCUT2D eigenvalue weighted by atomic mass is 9.67. The Morgan fingerprint density at radius 2 is 2.20 bits per heavy atom. The van der Waals surface area contributed by atoms with Gasteiger partial charge < -0.3 is 5.11 Å². The van der Waals surface area contributed by atoms with Gasteiger partial charge >= 0.3 is 5.97 Å². The molecule has 2 atom stereocenters. The molecule has 0 saturated carbocycles. The van der Waals surface area contributed by atoms with E-state index in [9.17, 15) is 4.79 Å². The van der Waals surface area contributed by atoms with Crippen LogP contribution in [-0.4, -0.2) is 11.1 Å². The Labute approximate surface area is 91.7 Å². The third kappa shape index (κ3) is 2.49.